The van der Waals surface area contributed by atoms with Crippen LogP contribution < -0.4 is 11.1 Å². The SMILES string of the molecule is Cc1ccc(-c2ccc(NCC3CCC(N)CC3)cc2)cc1C. The van der Waals surface area contributed by atoms with Gasteiger partial charge in [0.15, 0.2) is 0 Å². The van der Waals surface area contributed by atoms with Crippen molar-refractivity contribution in [3.05, 3.63) is 53.6 Å². The third-order valence-electron chi connectivity index (χ3n) is 5.21. The summed E-state index contributed by atoms with van der Waals surface area (Å²) < 4.78 is 0. The molecule has 1 aliphatic rings. The Kier molecular flexibility index (Phi) is 5.02. The predicted octanol–water partition coefficient (Wildman–Crippen LogP) is 4.90. The number of hydrogen-bond acceptors (Lipinski definition) is 2. The fourth-order valence-corrected chi connectivity index (χ4v) is 3.36. The summed E-state index contributed by atoms with van der Waals surface area (Å²) in [5.74, 6) is 0.772. The van der Waals surface area contributed by atoms with Crippen LogP contribution >= 0.6 is 0 Å². The highest BCUT2D eigenvalue weighted by atomic mass is 14.9. The summed E-state index contributed by atoms with van der Waals surface area (Å²) in [6.07, 6.45) is 4.87. The van der Waals surface area contributed by atoms with E-state index in [2.05, 4.69) is 61.6 Å². The highest BCUT2D eigenvalue weighted by Crippen LogP contribution is 2.26. The zero-order valence-electron chi connectivity index (χ0n) is 14.3. The van der Waals surface area contributed by atoms with Crippen molar-refractivity contribution in [3.8, 4) is 11.1 Å². The van der Waals surface area contributed by atoms with Gasteiger partial charge in [-0.05, 0) is 79.8 Å². The van der Waals surface area contributed by atoms with Gasteiger partial charge in [-0.3, -0.25) is 0 Å². The Morgan fingerprint density at radius 1 is 0.870 bits per heavy atom. The van der Waals surface area contributed by atoms with Crippen LogP contribution in [-0.4, -0.2) is 12.6 Å². The number of aryl methyl sites for hydroxylation is 2. The van der Waals surface area contributed by atoms with E-state index in [-0.39, 0.29) is 0 Å². The maximum Gasteiger partial charge on any atom is 0.0340 e. The van der Waals surface area contributed by atoms with Gasteiger partial charge in [0.2, 0.25) is 0 Å². The molecule has 0 atom stereocenters. The van der Waals surface area contributed by atoms with E-state index < -0.39 is 0 Å². The molecule has 2 heteroatoms. The zero-order valence-corrected chi connectivity index (χ0v) is 14.3. The molecule has 1 saturated carbocycles. The molecule has 2 aromatic carbocycles. The average molecular weight is 308 g/mol. The van der Waals surface area contributed by atoms with Gasteiger partial charge in [-0.2, -0.15) is 0 Å². The van der Waals surface area contributed by atoms with Crippen LogP contribution in [0.5, 0.6) is 0 Å². The van der Waals surface area contributed by atoms with Crippen molar-refractivity contribution in [1.82, 2.24) is 0 Å². The fourth-order valence-electron chi connectivity index (χ4n) is 3.36. The molecule has 2 nitrogen and oxygen atoms in total. The fraction of sp³-hybridized carbons (Fsp3) is 0.429. The van der Waals surface area contributed by atoms with Crippen molar-refractivity contribution >= 4 is 5.69 Å². The van der Waals surface area contributed by atoms with Crippen LogP contribution in [0.4, 0.5) is 5.69 Å². The molecule has 2 aromatic rings. The van der Waals surface area contributed by atoms with Crippen LogP contribution in [0.3, 0.4) is 0 Å². The first-order valence-corrected chi connectivity index (χ1v) is 8.79. The largest absolute Gasteiger partial charge is 0.385 e. The maximum atomic E-state index is 5.98. The van der Waals surface area contributed by atoms with E-state index in [1.54, 1.807) is 0 Å². The lowest BCUT2D eigenvalue weighted by Gasteiger charge is -2.26. The molecule has 0 bridgehead atoms. The second kappa shape index (κ2) is 7.18. The van der Waals surface area contributed by atoms with E-state index in [4.69, 9.17) is 5.73 Å². The molecule has 1 fully saturated rings. The van der Waals surface area contributed by atoms with E-state index in [0.717, 1.165) is 12.5 Å². The number of hydrogen-bond donors (Lipinski definition) is 2. The number of nitrogens with two attached hydrogens (primary N) is 1. The molecule has 1 aliphatic carbocycles. The number of rotatable bonds is 4. The topological polar surface area (TPSA) is 38.0 Å². The van der Waals surface area contributed by atoms with Crippen LogP contribution in [0.1, 0.15) is 36.8 Å². The molecule has 0 radical (unpaired) electrons. The Balaban J connectivity index is 1.59. The summed E-state index contributed by atoms with van der Waals surface area (Å²) in [7, 11) is 0. The lowest BCUT2D eigenvalue weighted by molar-refractivity contribution is 0.339. The predicted molar refractivity (Wildman–Crippen MR) is 99.8 cm³/mol. The van der Waals surface area contributed by atoms with Gasteiger partial charge in [0, 0.05) is 18.3 Å². The third-order valence-corrected chi connectivity index (χ3v) is 5.21. The summed E-state index contributed by atoms with van der Waals surface area (Å²) in [4.78, 5) is 0. The lowest BCUT2D eigenvalue weighted by Crippen LogP contribution is -2.29. The van der Waals surface area contributed by atoms with Crippen LogP contribution in [0, 0.1) is 19.8 Å². The van der Waals surface area contributed by atoms with E-state index >= 15 is 0 Å². The summed E-state index contributed by atoms with van der Waals surface area (Å²) in [5, 5.41) is 3.59. The summed E-state index contributed by atoms with van der Waals surface area (Å²) in [6, 6.07) is 15.9. The smallest absolute Gasteiger partial charge is 0.0340 e. The molecule has 3 N–H and O–H groups in total. The third kappa shape index (κ3) is 4.14. The normalized spacial score (nSPS) is 21.2. The summed E-state index contributed by atoms with van der Waals surface area (Å²) >= 11 is 0. The van der Waals surface area contributed by atoms with Gasteiger partial charge in [-0.1, -0.05) is 30.3 Å². The number of benzene rings is 2. The summed E-state index contributed by atoms with van der Waals surface area (Å²) in [6.45, 7) is 5.39. The van der Waals surface area contributed by atoms with Gasteiger partial charge in [-0.25, -0.2) is 0 Å². The molecule has 0 amide bonds. The molecule has 122 valence electrons. The van der Waals surface area contributed by atoms with Crippen molar-refractivity contribution in [2.45, 2.75) is 45.6 Å². The molecule has 0 aliphatic heterocycles. The van der Waals surface area contributed by atoms with E-state index in [1.807, 2.05) is 0 Å². The van der Waals surface area contributed by atoms with Crippen LogP contribution in [0.2, 0.25) is 0 Å². The van der Waals surface area contributed by atoms with Crippen molar-refractivity contribution in [2.24, 2.45) is 11.7 Å². The summed E-state index contributed by atoms with van der Waals surface area (Å²) in [5.41, 5.74) is 12.5. The Labute approximate surface area is 140 Å². The van der Waals surface area contributed by atoms with Crippen molar-refractivity contribution in [2.75, 3.05) is 11.9 Å². The molecular formula is C21H28N2. The van der Waals surface area contributed by atoms with Gasteiger partial charge in [-0.15, -0.1) is 0 Å². The van der Waals surface area contributed by atoms with Gasteiger partial charge in [0.1, 0.15) is 0 Å². The molecular weight excluding hydrogens is 280 g/mol. The molecule has 0 unspecified atom stereocenters. The van der Waals surface area contributed by atoms with Crippen LogP contribution in [0.25, 0.3) is 11.1 Å². The van der Waals surface area contributed by atoms with Gasteiger partial charge in [0.25, 0.3) is 0 Å². The minimum atomic E-state index is 0.434. The quantitative estimate of drug-likeness (QED) is 0.843. The Morgan fingerprint density at radius 2 is 1.52 bits per heavy atom. The average Bonchev–Trinajstić information content (AvgIpc) is 2.57. The highest BCUT2D eigenvalue weighted by molar-refractivity contribution is 5.67. The standard InChI is InChI=1S/C21H28N2/c1-15-3-6-19(13-16(15)2)18-7-11-21(12-8-18)23-14-17-4-9-20(22)10-5-17/h3,6-8,11-13,17,20,23H,4-5,9-10,14,22H2,1-2H3. The zero-order chi connectivity index (χ0) is 16.2. The Morgan fingerprint density at radius 3 is 2.17 bits per heavy atom. The number of nitrogens with one attached hydrogen (secondary N) is 1. The first-order chi connectivity index (χ1) is 11.1. The van der Waals surface area contributed by atoms with Gasteiger partial charge < -0.3 is 11.1 Å². The molecule has 0 heterocycles. The van der Waals surface area contributed by atoms with Gasteiger partial charge >= 0.3 is 0 Å². The second-order valence-electron chi connectivity index (χ2n) is 7.04. The van der Waals surface area contributed by atoms with E-state index in [9.17, 15) is 0 Å². The first-order valence-electron chi connectivity index (χ1n) is 8.79. The van der Waals surface area contributed by atoms with Crippen molar-refractivity contribution in [3.63, 3.8) is 0 Å². The van der Waals surface area contributed by atoms with Gasteiger partial charge in [0.05, 0.1) is 0 Å². The lowest BCUT2D eigenvalue weighted by atomic mass is 9.86. The molecule has 23 heavy (non-hydrogen) atoms. The highest BCUT2D eigenvalue weighted by Gasteiger charge is 2.17. The first kappa shape index (κ1) is 16.1. The van der Waals surface area contributed by atoms with Crippen molar-refractivity contribution in [1.29, 1.82) is 0 Å². The Bertz CT molecular complexity index is 637. The molecule has 3 rings (SSSR count). The minimum Gasteiger partial charge on any atom is -0.385 e. The van der Waals surface area contributed by atoms with Crippen molar-refractivity contribution < 1.29 is 0 Å². The molecule has 0 spiro atoms. The molecule has 0 saturated heterocycles. The Hall–Kier alpha value is -1.80. The van der Waals surface area contributed by atoms with E-state index in [1.165, 1.54) is 53.6 Å². The maximum absolute atomic E-state index is 5.98. The minimum absolute atomic E-state index is 0.434. The van der Waals surface area contributed by atoms with E-state index in [0.29, 0.717) is 6.04 Å². The van der Waals surface area contributed by atoms with Crippen LogP contribution in [0.15, 0.2) is 42.5 Å². The van der Waals surface area contributed by atoms with Crippen LogP contribution in [-0.2, 0) is 0 Å². The number of anilines is 1. The monoisotopic (exact) mass is 308 g/mol. The second-order valence-corrected chi connectivity index (χ2v) is 7.04. The molecule has 0 aromatic heterocycles.